The fourth-order valence-corrected chi connectivity index (χ4v) is 3.44. The number of esters is 2. The first-order valence-corrected chi connectivity index (χ1v) is 11.6. The number of nitrogens with zero attached hydrogens (tertiary/aromatic N) is 4. The lowest BCUT2D eigenvalue weighted by Gasteiger charge is -2.36. The van der Waals surface area contributed by atoms with E-state index in [-0.39, 0.29) is 17.7 Å². The molecule has 1 fully saturated rings. The van der Waals surface area contributed by atoms with E-state index in [4.69, 9.17) is 14.6 Å². The second kappa shape index (κ2) is 12.5. The van der Waals surface area contributed by atoms with Gasteiger partial charge >= 0.3 is 17.9 Å². The van der Waals surface area contributed by atoms with Crippen LogP contribution in [0.4, 0.5) is 11.6 Å². The van der Waals surface area contributed by atoms with Crippen LogP contribution in [0.3, 0.4) is 0 Å². The van der Waals surface area contributed by atoms with Gasteiger partial charge in [-0.15, -0.1) is 0 Å². The maximum atomic E-state index is 12.4. The van der Waals surface area contributed by atoms with E-state index >= 15 is 0 Å². The summed E-state index contributed by atoms with van der Waals surface area (Å²) in [6, 6.07) is 6.61. The average Bonchev–Trinajstić information content (AvgIpc) is 2.88. The van der Waals surface area contributed by atoms with Gasteiger partial charge in [-0.2, -0.15) is 0 Å². The van der Waals surface area contributed by atoms with E-state index in [0.29, 0.717) is 26.2 Å². The summed E-state index contributed by atoms with van der Waals surface area (Å²) >= 11 is 0. The number of carboxylic acids is 1. The Balaban J connectivity index is 1.47. The van der Waals surface area contributed by atoms with Crippen molar-refractivity contribution in [3.05, 3.63) is 59.9 Å². The third kappa shape index (κ3) is 7.26. The molecule has 0 unspecified atom stereocenters. The van der Waals surface area contributed by atoms with Gasteiger partial charge < -0.3 is 24.4 Å². The number of carbonyl (C=O) groups excluding carboxylic acids is 2. The number of carbonyl (C=O) groups is 3. The number of piperazine rings is 1. The molecule has 1 N–H and O–H groups in total. The molecule has 2 aromatic rings. The zero-order chi connectivity index (χ0) is 25.2. The molecular formula is C25H30N4O6. The summed E-state index contributed by atoms with van der Waals surface area (Å²) in [4.78, 5) is 48.1. The van der Waals surface area contributed by atoms with Crippen molar-refractivity contribution in [2.24, 2.45) is 0 Å². The minimum atomic E-state index is -1.02. The van der Waals surface area contributed by atoms with E-state index in [2.05, 4.69) is 26.7 Å². The highest BCUT2D eigenvalue weighted by atomic mass is 16.6. The van der Waals surface area contributed by atoms with Crippen LogP contribution in [0.2, 0.25) is 0 Å². The maximum Gasteiger partial charge on any atom is 0.347 e. The molecule has 1 atom stereocenters. The van der Waals surface area contributed by atoms with Crippen LogP contribution >= 0.6 is 0 Å². The van der Waals surface area contributed by atoms with Gasteiger partial charge in [0, 0.05) is 38.6 Å². The van der Waals surface area contributed by atoms with Gasteiger partial charge in [0.2, 0.25) is 0 Å². The van der Waals surface area contributed by atoms with Gasteiger partial charge in [-0.25, -0.2) is 24.4 Å². The number of hydrogen-bond acceptors (Lipinski definition) is 9. The predicted octanol–water partition coefficient (Wildman–Crippen LogP) is 2.95. The number of carboxylic acid groups (broad SMARTS) is 1. The van der Waals surface area contributed by atoms with Gasteiger partial charge in [-0.05, 0) is 37.6 Å². The monoisotopic (exact) mass is 482 g/mol. The van der Waals surface area contributed by atoms with Crippen molar-refractivity contribution in [1.82, 2.24) is 9.97 Å². The molecular weight excluding hydrogens is 452 g/mol. The quantitative estimate of drug-likeness (QED) is 0.399. The van der Waals surface area contributed by atoms with Crippen molar-refractivity contribution in [3.63, 3.8) is 0 Å². The Morgan fingerprint density at radius 3 is 2.03 bits per heavy atom. The molecule has 3 rings (SSSR count). The van der Waals surface area contributed by atoms with E-state index in [9.17, 15) is 14.4 Å². The normalized spacial score (nSPS) is 14.6. The summed E-state index contributed by atoms with van der Waals surface area (Å²) in [6.07, 6.45) is 7.41. The topological polar surface area (TPSA) is 122 Å². The number of rotatable bonds is 10. The fraction of sp³-hybridized carbons (Fsp3) is 0.400. The van der Waals surface area contributed by atoms with Crippen molar-refractivity contribution < 1.29 is 29.0 Å². The first-order valence-electron chi connectivity index (χ1n) is 11.6. The largest absolute Gasteiger partial charge is 0.478 e. The van der Waals surface area contributed by atoms with Crippen LogP contribution in [0.25, 0.3) is 0 Å². The van der Waals surface area contributed by atoms with Gasteiger partial charge in [-0.3, -0.25) is 0 Å². The highest BCUT2D eigenvalue weighted by Crippen LogP contribution is 2.18. The highest BCUT2D eigenvalue weighted by molar-refractivity contribution is 5.91. The average molecular weight is 483 g/mol. The van der Waals surface area contributed by atoms with Gasteiger partial charge in [0.25, 0.3) is 0 Å². The van der Waals surface area contributed by atoms with Gasteiger partial charge in [0.1, 0.15) is 18.2 Å². The molecule has 1 aliphatic heterocycles. The second-order valence-electron chi connectivity index (χ2n) is 8.03. The molecule has 2 aromatic heterocycles. The molecule has 0 aromatic carbocycles. The summed E-state index contributed by atoms with van der Waals surface area (Å²) in [6.45, 7) is 6.44. The number of aromatic carboxylic acids is 1. The molecule has 0 radical (unpaired) electrons. The van der Waals surface area contributed by atoms with E-state index in [0.717, 1.165) is 24.5 Å². The summed E-state index contributed by atoms with van der Waals surface area (Å²) in [5.41, 5.74) is 0.402. The van der Waals surface area contributed by atoms with Crippen molar-refractivity contribution in [3.8, 4) is 0 Å². The Morgan fingerprint density at radius 2 is 1.54 bits per heavy atom. The molecule has 0 bridgehead atoms. The molecule has 0 saturated carbocycles. The molecule has 186 valence electrons. The molecule has 0 amide bonds. The van der Waals surface area contributed by atoms with Crippen LogP contribution in [0.1, 0.15) is 47.4 Å². The summed E-state index contributed by atoms with van der Waals surface area (Å²) in [7, 11) is 0. The van der Waals surface area contributed by atoms with Crippen molar-refractivity contribution >= 4 is 29.5 Å². The number of ether oxygens (including phenoxy) is 2. The zero-order valence-electron chi connectivity index (χ0n) is 19.9. The summed E-state index contributed by atoms with van der Waals surface area (Å²) < 4.78 is 10.3. The smallest absolute Gasteiger partial charge is 0.347 e. The van der Waals surface area contributed by atoms with Crippen LogP contribution in [-0.4, -0.2) is 71.9 Å². The number of aromatic nitrogens is 2. The SMILES string of the molecule is CCC/C=C/COC(=O)[C@@H](C)OC(=O)c1ccc(N2CCN(c3ccc(C(=O)O)cn3)CC2)nc1. The molecule has 0 aliphatic carbocycles. The molecule has 10 heteroatoms. The van der Waals surface area contributed by atoms with Crippen molar-refractivity contribution in [1.29, 1.82) is 0 Å². The number of pyridine rings is 2. The molecule has 10 nitrogen and oxygen atoms in total. The van der Waals surface area contributed by atoms with E-state index in [1.165, 1.54) is 19.3 Å². The summed E-state index contributed by atoms with van der Waals surface area (Å²) in [5.74, 6) is -0.798. The number of anilines is 2. The van der Waals surface area contributed by atoms with Crippen LogP contribution in [0.15, 0.2) is 48.8 Å². The third-order valence-corrected chi connectivity index (χ3v) is 5.47. The Morgan fingerprint density at radius 1 is 0.971 bits per heavy atom. The first kappa shape index (κ1) is 25.7. The van der Waals surface area contributed by atoms with Gasteiger partial charge in [0.05, 0.1) is 11.1 Å². The lowest BCUT2D eigenvalue weighted by atomic mass is 10.2. The second-order valence-corrected chi connectivity index (χ2v) is 8.03. The lowest BCUT2D eigenvalue weighted by molar-refractivity contribution is -0.151. The zero-order valence-corrected chi connectivity index (χ0v) is 19.9. The van der Waals surface area contributed by atoms with E-state index in [1.807, 2.05) is 6.08 Å². The lowest BCUT2D eigenvalue weighted by Crippen LogP contribution is -2.47. The van der Waals surface area contributed by atoms with E-state index in [1.54, 1.807) is 30.3 Å². The minimum absolute atomic E-state index is 0.147. The number of hydrogen-bond donors (Lipinski definition) is 1. The molecule has 3 heterocycles. The fourth-order valence-electron chi connectivity index (χ4n) is 3.44. The molecule has 1 aliphatic rings. The Bertz CT molecular complexity index is 1030. The number of unbranched alkanes of at least 4 members (excludes halogenated alkanes) is 1. The molecule has 1 saturated heterocycles. The maximum absolute atomic E-state index is 12.4. The van der Waals surface area contributed by atoms with Gasteiger partial charge in [0.15, 0.2) is 6.10 Å². The van der Waals surface area contributed by atoms with E-state index < -0.39 is 24.0 Å². The van der Waals surface area contributed by atoms with Crippen LogP contribution in [0, 0.1) is 0 Å². The van der Waals surface area contributed by atoms with Crippen molar-refractivity contribution in [2.45, 2.75) is 32.8 Å². The molecule has 35 heavy (non-hydrogen) atoms. The molecule has 0 spiro atoms. The van der Waals surface area contributed by atoms with Crippen LogP contribution < -0.4 is 9.80 Å². The number of allylic oxidation sites excluding steroid dienone is 1. The first-order chi connectivity index (χ1) is 16.9. The van der Waals surface area contributed by atoms with Gasteiger partial charge in [-0.1, -0.05) is 25.5 Å². The minimum Gasteiger partial charge on any atom is -0.478 e. The van der Waals surface area contributed by atoms with Crippen molar-refractivity contribution in [2.75, 3.05) is 42.6 Å². The van der Waals surface area contributed by atoms with Crippen LogP contribution in [0.5, 0.6) is 0 Å². The standard InChI is InChI=1S/C25H30N4O6/c1-3-4-5-6-15-34-24(32)18(2)35-25(33)20-8-10-22(27-17-20)29-13-11-28(12-14-29)21-9-7-19(16-26-21)23(30)31/h5-10,16-18H,3-4,11-15H2,1-2H3,(H,30,31)/b6-5+/t18-/m1/s1. The third-order valence-electron chi connectivity index (χ3n) is 5.47. The Kier molecular flexibility index (Phi) is 9.16. The predicted molar refractivity (Wildman–Crippen MR) is 130 cm³/mol. The summed E-state index contributed by atoms with van der Waals surface area (Å²) in [5, 5.41) is 9.00. The Labute approximate surface area is 204 Å². The highest BCUT2D eigenvalue weighted by Gasteiger charge is 2.22. The van der Waals surface area contributed by atoms with Crippen LogP contribution in [-0.2, 0) is 14.3 Å². The Hall–Kier alpha value is -3.95.